The number of nitrogens with zero attached hydrogens (tertiary/aromatic N) is 4. The molecule has 2 aromatic rings. The lowest BCUT2D eigenvalue weighted by atomic mass is 10.1. The molecule has 3 aliphatic heterocycles. The van der Waals surface area contributed by atoms with Crippen LogP contribution in [0.5, 0.6) is 11.5 Å². The number of amidine groups is 2. The molecule has 0 spiro atoms. The molecule has 0 radical (unpaired) electrons. The highest BCUT2D eigenvalue weighted by atomic mass is 16.5. The molecule has 0 bridgehead atoms. The quantitative estimate of drug-likeness (QED) is 0.678. The van der Waals surface area contributed by atoms with Gasteiger partial charge >= 0.3 is 0 Å². The number of aliphatic hydroxyl groups excluding tert-OH is 1. The van der Waals surface area contributed by atoms with Gasteiger partial charge in [-0.3, -0.25) is 14.8 Å². The van der Waals surface area contributed by atoms with Crippen LogP contribution in [0, 0.1) is 0 Å². The third-order valence-electron chi connectivity index (χ3n) is 5.74. The summed E-state index contributed by atoms with van der Waals surface area (Å²) < 4.78 is 17.2. The maximum atomic E-state index is 12.1. The van der Waals surface area contributed by atoms with Crippen LogP contribution >= 0.6 is 0 Å². The monoisotopic (exact) mass is 448 g/mol. The first-order valence-electron chi connectivity index (χ1n) is 10.9. The Bertz CT molecular complexity index is 1160. The number of fused-ring (bicyclic) bond motifs is 3. The van der Waals surface area contributed by atoms with Crippen molar-refractivity contribution in [1.82, 2.24) is 9.88 Å². The van der Waals surface area contributed by atoms with E-state index in [-0.39, 0.29) is 18.1 Å². The van der Waals surface area contributed by atoms with E-state index in [1.165, 1.54) is 0 Å². The molecule has 0 aliphatic carbocycles. The summed E-state index contributed by atoms with van der Waals surface area (Å²) in [5.41, 5.74) is 1.97. The molecule has 3 aliphatic rings. The summed E-state index contributed by atoms with van der Waals surface area (Å²) >= 11 is 0. The molecule has 0 saturated carbocycles. The van der Waals surface area contributed by atoms with Crippen LogP contribution in [0.25, 0.3) is 5.76 Å². The molecule has 1 fully saturated rings. The zero-order valence-electron chi connectivity index (χ0n) is 18.2. The van der Waals surface area contributed by atoms with Gasteiger partial charge in [0.2, 0.25) is 0 Å². The maximum Gasteiger partial charge on any atom is 0.187 e. The maximum absolute atomic E-state index is 12.1. The number of aliphatic hydroxyl groups is 1. The Morgan fingerprint density at radius 2 is 2.27 bits per heavy atom. The van der Waals surface area contributed by atoms with Gasteiger partial charge in [0.1, 0.15) is 35.8 Å². The fourth-order valence-corrected chi connectivity index (χ4v) is 4.09. The van der Waals surface area contributed by atoms with E-state index in [2.05, 4.69) is 9.98 Å². The molecular formula is C24H24N4O5. The molecule has 1 unspecified atom stereocenters. The van der Waals surface area contributed by atoms with E-state index in [9.17, 15) is 9.90 Å². The number of rotatable bonds is 6. The van der Waals surface area contributed by atoms with E-state index in [4.69, 9.17) is 19.2 Å². The number of pyridine rings is 1. The number of ether oxygens (including phenoxy) is 3. The lowest BCUT2D eigenvalue weighted by molar-refractivity contribution is -0.137. The van der Waals surface area contributed by atoms with Gasteiger partial charge < -0.3 is 24.2 Å². The van der Waals surface area contributed by atoms with Gasteiger partial charge in [-0.05, 0) is 30.7 Å². The Labute approximate surface area is 191 Å². The summed E-state index contributed by atoms with van der Waals surface area (Å²) in [7, 11) is 1.55. The second-order valence-electron chi connectivity index (χ2n) is 7.83. The molecule has 1 N–H and O–H groups in total. The van der Waals surface area contributed by atoms with Crippen molar-refractivity contribution in [2.75, 3.05) is 33.4 Å². The summed E-state index contributed by atoms with van der Waals surface area (Å²) in [4.78, 5) is 27.5. The fourth-order valence-electron chi connectivity index (χ4n) is 4.09. The van der Waals surface area contributed by atoms with E-state index in [0.717, 1.165) is 17.8 Å². The number of methoxy groups -OCH3 is 1. The minimum Gasteiger partial charge on any atom is -0.507 e. The molecule has 1 saturated heterocycles. The SMILES string of the molecule is COc1c(OCC2OCCCC2=O)ccc2c1N=C(C=C(O)c1cccnc1)N1CCN=C21. The molecule has 9 nitrogen and oxygen atoms in total. The number of aliphatic imine (C=N–C) groups is 2. The summed E-state index contributed by atoms with van der Waals surface area (Å²) in [5, 5.41) is 10.6. The average molecular weight is 448 g/mol. The smallest absolute Gasteiger partial charge is 0.187 e. The zero-order chi connectivity index (χ0) is 22.8. The van der Waals surface area contributed by atoms with Crippen LogP contribution in [0.1, 0.15) is 24.0 Å². The van der Waals surface area contributed by atoms with Crippen molar-refractivity contribution in [1.29, 1.82) is 0 Å². The first-order valence-corrected chi connectivity index (χ1v) is 10.9. The highest BCUT2D eigenvalue weighted by molar-refractivity contribution is 6.20. The van der Waals surface area contributed by atoms with E-state index in [0.29, 0.717) is 54.7 Å². The molecule has 1 aromatic heterocycles. The van der Waals surface area contributed by atoms with Crippen LogP contribution < -0.4 is 9.47 Å². The molecule has 33 heavy (non-hydrogen) atoms. The number of ketones is 1. The van der Waals surface area contributed by atoms with E-state index < -0.39 is 6.10 Å². The van der Waals surface area contributed by atoms with Crippen LogP contribution in [0.3, 0.4) is 0 Å². The molecule has 9 heteroatoms. The van der Waals surface area contributed by atoms with Crippen LogP contribution in [0.4, 0.5) is 5.69 Å². The van der Waals surface area contributed by atoms with Gasteiger partial charge in [0.15, 0.2) is 17.3 Å². The predicted molar refractivity (Wildman–Crippen MR) is 123 cm³/mol. The van der Waals surface area contributed by atoms with Gasteiger partial charge in [-0.25, -0.2) is 4.99 Å². The number of benzene rings is 1. The van der Waals surface area contributed by atoms with Crippen LogP contribution in [0.15, 0.2) is 52.7 Å². The largest absolute Gasteiger partial charge is 0.507 e. The van der Waals surface area contributed by atoms with Crippen LogP contribution in [0.2, 0.25) is 0 Å². The number of carbonyl (C=O) groups is 1. The van der Waals surface area contributed by atoms with E-state index >= 15 is 0 Å². The Morgan fingerprint density at radius 3 is 3.06 bits per heavy atom. The average Bonchev–Trinajstić information content (AvgIpc) is 3.34. The topological polar surface area (TPSA) is 106 Å². The second kappa shape index (κ2) is 9.03. The minimum atomic E-state index is -0.576. The minimum absolute atomic E-state index is 0.0467. The van der Waals surface area contributed by atoms with Gasteiger partial charge in [0.05, 0.1) is 13.7 Å². The molecule has 1 atom stereocenters. The molecular weight excluding hydrogens is 424 g/mol. The van der Waals surface area contributed by atoms with Crippen molar-refractivity contribution in [2.45, 2.75) is 18.9 Å². The second-order valence-corrected chi connectivity index (χ2v) is 7.83. The normalized spacial score (nSPS) is 20.0. The first-order chi connectivity index (χ1) is 16.2. The van der Waals surface area contributed by atoms with Gasteiger partial charge in [0.25, 0.3) is 0 Å². The summed E-state index contributed by atoms with van der Waals surface area (Å²) in [6, 6.07) is 7.22. The van der Waals surface area contributed by atoms with Crippen molar-refractivity contribution >= 4 is 28.9 Å². The highest BCUT2D eigenvalue weighted by Gasteiger charge is 2.32. The zero-order valence-corrected chi connectivity index (χ0v) is 18.2. The Hall–Kier alpha value is -3.72. The van der Waals surface area contributed by atoms with Crippen molar-refractivity contribution < 1.29 is 24.1 Å². The first kappa shape index (κ1) is 21.1. The number of hydrogen-bond acceptors (Lipinski definition) is 9. The molecule has 0 amide bonds. The number of Topliss-reactive ketones (excluding diaryl/α,β-unsaturated/α-hetero) is 1. The standard InChI is InChI=1S/C24H24N4O5/c1-31-23-19(33-14-20-17(29)5-3-11-32-20)7-6-16-22(23)27-21(28-10-9-26-24(16)28)12-18(30)15-4-2-8-25-13-15/h2,4,6-8,12-13,20,30H,3,5,9-11,14H2,1H3. The summed E-state index contributed by atoms with van der Waals surface area (Å²) in [6.07, 6.45) is 5.51. The summed E-state index contributed by atoms with van der Waals surface area (Å²) in [6.45, 7) is 1.94. The lowest BCUT2D eigenvalue weighted by Gasteiger charge is -2.28. The van der Waals surface area contributed by atoms with Crippen molar-refractivity contribution in [3.63, 3.8) is 0 Å². The Balaban J connectivity index is 1.50. The van der Waals surface area contributed by atoms with Gasteiger partial charge in [-0.1, -0.05) is 0 Å². The van der Waals surface area contributed by atoms with Gasteiger partial charge in [-0.2, -0.15) is 0 Å². The predicted octanol–water partition coefficient (Wildman–Crippen LogP) is 2.92. The molecule has 5 rings (SSSR count). The Morgan fingerprint density at radius 1 is 1.36 bits per heavy atom. The van der Waals surface area contributed by atoms with Crippen LogP contribution in [-0.4, -0.2) is 72.0 Å². The number of aromatic nitrogens is 1. The molecule has 4 heterocycles. The lowest BCUT2D eigenvalue weighted by Crippen LogP contribution is -2.36. The third kappa shape index (κ3) is 4.07. The number of carbonyl (C=O) groups excluding carboxylic acids is 1. The van der Waals surface area contributed by atoms with E-state index in [1.54, 1.807) is 43.8 Å². The van der Waals surface area contributed by atoms with Crippen molar-refractivity contribution in [3.8, 4) is 11.5 Å². The summed E-state index contributed by atoms with van der Waals surface area (Å²) in [5.74, 6) is 2.31. The van der Waals surface area contributed by atoms with Gasteiger partial charge in [0, 0.05) is 49.2 Å². The van der Waals surface area contributed by atoms with E-state index in [1.807, 2.05) is 11.0 Å². The third-order valence-corrected chi connectivity index (χ3v) is 5.74. The fraction of sp³-hybridized carbons (Fsp3) is 0.333. The van der Waals surface area contributed by atoms with Crippen molar-refractivity contribution in [3.05, 3.63) is 53.9 Å². The van der Waals surface area contributed by atoms with Crippen molar-refractivity contribution in [2.24, 2.45) is 9.98 Å². The molecule has 1 aromatic carbocycles. The molecule has 170 valence electrons. The Kier molecular flexibility index (Phi) is 5.78. The highest BCUT2D eigenvalue weighted by Crippen LogP contribution is 2.43. The van der Waals surface area contributed by atoms with Crippen LogP contribution in [-0.2, 0) is 9.53 Å². The van der Waals surface area contributed by atoms with Gasteiger partial charge in [-0.15, -0.1) is 0 Å². The number of hydrogen-bond donors (Lipinski definition) is 1.